The molecule has 0 bridgehead atoms. The summed E-state index contributed by atoms with van der Waals surface area (Å²) in [5.41, 5.74) is 0.989. The van der Waals surface area contributed by atoms with Gasteiger partial charge in [-0.15, -0.1) is 5.10 Å². The average molecular weight is 486 g/mol. The predicted molar refractivity (Wildman–Crippen MR) is 135 cm³/mol. The number of rotatable bonds is 7. The molecule has 0 radical (unpaired) electrons. The number of methoxy groups -OCH3 is 2. The van der Waals surface area contributed by atoms with Crippen LogP contribution < -0.4 is 26.0 Å². The number of carbonyl (C=O) groups excluding carboxylic acids is 1. The molecular formula is C26H23N5O5. The van der Waals surface area contributed by atoms with Crippen molar-refractivity contribution in [1.82, 2.24) is 18.7 Å². The van der Waals surface area contributed by atoms with Crippen LogP contribution in [0.15, 0.2) is 82.4 Å². The summed E-state index contributed by atoms with van der Waals surface area (Å²) in [4.78, 5) is 39.5. The minimum Gasteiger partial charge on any atom is -0.493 e. The number of nitrogens with zero attached hydrogens (tertiary/aromatic N) is 4. The Kier molecular flexibility index (Phi) is 5.99. The van der Waals surface area contributed by atoms with Gasteiger partial charge in [-0.25, -0.2) is 13.9 Å². The van der Waals surface area contributed by atoms with E-state index in [2.05, 4.69) is 10.4 Å². The van der Waals surface area contributed by atoms with Gasteiger partial charge in [0.25, 0.3) is 5.56 Å². The molecule has 2 heterocycles. The molecule has 3 aromatic carbocycles. The molecule has 182 valence electrons. The molecule has 0 aliphatic rings. The van der Waals surface area contributed by atoms with E-state index >= 15 is 0 Å². The molecular weight excluding hydrogens is 462 g/mol. The molecule has 0 atom stereocenters. The Morgan fingerprint density at radius 2 is 1.64 bits per heavy atom. The normalized spacial score (nSPS) is 11.1. The molecule has 0 saturated heterocycles. The summed E-state index contributed by atoms with van der Waals surface area (Å²) in [7, 11) is 3.02. The Bertz CT molecular complexity index is 1700. The van der Waals surface area contributed by atoms with Gasteiger partial charge in [0.1, 0.15) is 6.54 Å². The number of benzene rings is 3. The van der Waals surface area contributed by atoms with Gasteiger partial charge in [-0.05, 0) is 29.8 Å². The Morgan fingerprint density at radius 1 is 0.917 bits per heavy atom. The van der Waals surface area contributed by atoms with Gasteiger partial charge < -0.3 is 14.8 Å². The first-order valence-corrected chi connectivity index (χ1v) is 11.2. The lowest BCUT2D eigenvalue weighted by Crippen LogP contribution is -2.29. The van der Waals surface area contributed by atoms with Crippen molar-refractivity contribution < 1.29 is 14.3 Å². The second kappa shape index (κ2) is 9.41. The molecule has 0 spiro atoms. The zero-order valence-electron chi connectivity index (χ0n) is 19.7. The van der Waals surface area contributed by atoms with E-state index in [9.17, 15) is 14.4 Å². The molecule has 5 rings (SSSR count). The summed E-state index contributed by atoms with van der Waals surface area (Å²) in [6, 6.07) is 21.2. The Morgan fingerprint density at radius 3 is 2.39 bits per heavy atom. The van der Waals surface area contributed by atoms with Crippen molar-refractivity contribution in [3.8, 4) is 11.5 Å². The number of aromatic nitrogens is 4. The third kappa shape index (κ3) is 4.09. The highest BCUT2D eigenvalue weighted by Gasteiger charge is 2.19. The summed E-state index contributed by atoms with van der Waals surface area (Å²) in [6.45, 7) is -0.120. The Labute approximate surface area is 204 Å². The zero-order valence-corrected chi connectivity index (χ0v) is 19.7. The first-order chi connectivity index (χ1) is 17.5. The van der Waals surface area contributed by atoms with Crippen LogP contribution in [0, 0.1) is 0 Å². The number of carbonyl (C=O) groups is 1. The van der Waals surface area contributed by atoms with Crippen LogP contribution >= 0.6 is 0 Å². The van der Waals surface area contributed by atoms with Crippen LogP contribution in [0.2, 0.25) is 0 Å². The molecule has 10 heteroatoms. The summed E-state index contributed by atoms with van der Waals surface area (Å²) in [6.07, 6.45) is 0. The first kappa shape index (κ1) is 22.9. The van der Waals surface area contributed by atoms with Gasteiger partial charge in [0.2, 0.25) is 11.7 Å². The van der Waals surface area contributed by atoms with Crippen molar-refractivity contribution in [3.05, 3.63) is 99.2 Å². The van der Waals surface area contributed by atoms with Gasteiger partial charge in [0, 0.05) is 11.8 Å². The van der Waals surface area contributed by atoms with Gasteiger partial charge in [-0.2, -0.15) is 0 Å². The van der Waals surface area contributed by atoms with Crippen molar-refractivity contribution >= 4 is 28.3 Å². The fourth-order valence-corrected chi connectivity index (χ4v) is 4.13. The summed E-state index contributed by atoms with van der Waals surface area (Å²) >= 11 is 0. The number of fused-ring (bicyclic) bond motifs is 3. The molecule has 0 aliphatic heterocycles. The molecule has 0 saturated carbocycles. The average Bonchev–Trinajstić information content (AvgIpc) is 3.22. The summed E-state index contributed by atoms with van der Waals surface area (Å²) < 4.78 is 14.4. The number of amides is 1. The molecule has 5 aromatic rings. The van der Waals surface area contributed by atoms with E-state index in [1.165, 1.54) is 23.2 Å². The lowest BCUT2D eigenvalue weighted by molar-refractivity contribution is -0.117. The number of ether oxygens (including phenoxy) is 2. The third-order valence-corrected chi connectivity index (χ3v) is 5.83. The number of para-hydroxylation sites is 1. The number of hydrogen-bond acceptors (Lipinski definition) is 6. The van der Waals surface area contributed by atoms with Gasteiger partial charge in [-0.3, -0.25) is 14.2 Å². The monoisotopic (exact) mass is 485 g/mol. The van der Waals surface area contributed by atoms with Crippen molar-refractivity contribution in [2.24, 2.45) is 0 Å². The van der Waals surface area contributed by atoms with E-state index in [4.69, 9.17) is 9.47 Å². The minimum absolute atomic E-state index is 0.159. The maximum absolute atomic E-state index is 13.4. The van der Waals surface area contributed by atoms with E-state index in [1.54, 1.807) is 42.5 Å². The molecule has 0 fully saturated rings. The van der Waals surface area contributed by atoms with Crippen LogP contribution in [0.25, 0.3) is 16.7 Å². The van der Waals surface area contributed by atoms with Gasteiger partial charge in [-0.1, -0.05) is 42.5 Å². The van der Waals surface area contributed by atoms with Gasteiger partial charge in [0.05, 0.1) is 31.7 Å². The Balaban J connectivity index is 1.55. The molecule has 36 heavy (non-hydrogen) atoms. The van der Waals surface area contributed by atoms with E-state index in [0.29, 0.717) is 28.1 Å². The molecule has 2 aromatic heterocycles. The van der Waals surface area contributed by atoms with E-state index < -0.39 is 11.6 Å². The first-order valence-electron chi connectivity index (χ1n) is 11.2. The van der Waals surface area contributed by atoms with Crippen LogP contribution in [0.1, 0.15) is 5.56 Å². The van der Waals surface area contributed by atoms with E-state index in [-0.39, 0.29) is 24.4 Å². The van der Waals surface area contributed by atoms with Crippen LogP contribution in [0.5, 0.6) is 11.5 Å². The SMILES string of the molecule is COc1ccc(NC(=O)Cn2nc3n(Cc4ccccc4)c(=O)c4ccccc4n3c2=O)cc1OC. The van der Waals surface area contributed by atoms with Crippen molar-refractivity contribution in [3.63, 3.8) is 0 Å². The van der Waals surface area contributed by atoms with Crippen LogP contribution in [0.3, 0.4) is 0 Å². The van der Waals surface area contributed by atoms with Crippen molar-refractivity contribution in [1.29, 1.82) is 0 Å². The van der Waals surface area contributed by atoms with Crippen LogP contribution in [0.4, 0.5) is 5.69 Å². The van der Waals surface area contributed by atoms with E-state index in [1.807, 2.05) is 30.3 Å². The van der Waals surface area contributed by atoms with Gasteiger partial charge >= 0.3 is 5.69 Å². The van der Waals surface area contributed by atoms with Crippen LogP contribution in [-0.4, -0.2) is 38.9 Å². The van der Waals surface area contributed by atoms with Gasteiger partial charge in [0.15, 0.2) is 11.5 Å². The second-order valence-electron chi connectivity index (χ2n) is 8.09. The standard InChI is InChI=1S/C26H23N5O5/c1-35-21-13-12-18(14-22(21)36-2)27-23(32)16-30-26(34)31-20-11-7-6-10-19(20)24(33)29(25(31)28-30)15-17-8-4-3-5-9-17/h3-14H,15-16H2,1-2H3,(H,27,32). The number of hydrogen-bond donors (Lipinski definition) is 1. The van der Waals surface area contributed by atoms with E-state index in [0.717, 1.165) is 10.2 Å². The molecule has 1 N–H and O–H groups in total. The quantitative estimate of drug-likeness (QED) is 0.380. The van der Waals surface area contributed by atoms with Crippen molar-refractivity contribution in [2.45, 2.75) is 13.1 Å². The fraction of sp³-hybridized carbons (Fsp3) is 0.154. The highest BCUT2D eigenvalue weighted by atomic mass is 16.5. The predicted octanol–water partition coefficient (Wildman–Crippen LogP) is 2.52. The summed E-state index contributed by atoms with van der Waals surface area (Å²) in [5, 5.41) is 7.51. The highest BCUT2D eigenvalue weighted by molar-refractivity contribution is 5.91. The van der Waals surface area contributed by atoms with Crippen molar-refractivity contribution in [2.75, 3.05) is 19.5 Å². The maximum atomic E-state index is 13.4. The molecule has 0 unspecified atom stereocenters. The third-order valence-electron chi connectivity index (χ3n) is 5.83. The molecule has 10 nitrogen and oxygen atoms in total. The highest BCUT2D eigenvalue weighted by Crippen LogP contribution is 2.29. The van der Waals surface area contributed by atoms with Crippen LogP contribution in [-0.2, 0) is 17.9 Å². The molecule has 1 amide bonds. The smallest absolute Gasteiger partial charge is 0.352 e. The molecule has 0 aliphatic carbocycles. The maximum Gasteiger partial charge on any atom is 0.352 e. The number of anilines is 1. The topological polar surface area (TPSA) is 109 Å². The Hall–Kier alpha value is -4.86. The largest absolute Gasteiger partial charge is 0.493 e. The summed E-state index contributed by atoms with van der Waals surface area (Å²) in [5.74, 6) is 0.674. The zero-order chi connectivity index (χ0) is 25.2. The number of nitrogens with one attached hydrogen (secondary N) is 1. The minimum atomic E-state index is -0.523. The second-order valence-corrected chi connectivity index (χ2v) is 8.09. The lowest BCUT2D eigenvalue weighted by atomic mass is 10.2. The lowest BCUT2D eigenvalue weighted by Gasteiger charge is -2.10. The fourth-order valence-electron chi connectivity index (χ4n) is 4.13.